The van der Waals surface area contributed by atoms with E-state index >= 15 is 0 Å². The number of unbranched alkanes of at least 4 members (excludes halogenated alkanes) is 1. The average molecular weight is 278 g/mol. The van der Waals surface area contributed by atoms with E-state index in [-0.39, 0.29) is 0 Å². The molecule has 0 saturated carbocycles. The summed E-state index contributed by atoms with van der Waals surface area (Å²) in [7, 11) is 0. The molecule has 0 unspecified atom stereocenters. The largest absolute Gasteiger partial charge is 0.356 e. The molecule has 0 atom stereocenters. The van der Waals surface area contributed by atoms with Crippen molar-refractivity contribution in [2.75, 3.05) is 0 Å². The molecular formula is C18H18N2O. The molecule has 0 saturated heterocycles. The van der Waals surface area contributed by atoms with Crippen molar-refractivity contribution in [3.8, 4) is 22.5 Å². The number of pyridine rings is 1. The van der Waals surface area contributed by atoms with Gasteiger partial charge in [-0.15, -0.1) is 0 Å². The molecule has 0 aliphatic heterocycles. The minimum Gasteiger partial charge on any atom is -0.356 e. The molecule has 21 heavy (non-hydrogen) atoms. The predicted octanol–water partition coefficient (Wildman–Crippen LogP) is 4.75. The maximum absolute atomic E-state index is 5.31. The van der Waals surface area contributed by atoms with Gasteiger partial charge in [-0.2, -0.15) is 0 Å². The lowest BCUT2D eigenvalue weighted by atomic mass is 9.98. The fourth-order valence-electron chi connectivity index (χ4n) is 2.40. The predicted molar refractivity (Wildman–Crippen MR) is 83.8 cm³/mol. The molecule has 0 radical (unpaired) electrons. The highest BCUT2D eigenvalue weighted by molar-refractivity contribution is 5.80. The molecule has 3 nitrogen and oxygen atoms in total. The summed E-state index contributed by atoms with van der Waals surface area (Å²) < 4.78 is 5.31. The Balaban J connectivity index is 2.08. The molecule has 106 valence electrons. The van der Waals surface area contributed by atoms with Gasteiger partial charge in [-0.3, -0.25) is 4.98 Å². The third-order valence-electron chi connectivity index (χ3n) is 3.54. The molecule has 0 amide bonds. The van der Waals surface area contributed by atoms with Crippen molar-refractivity contribution >= 4 is 0 Å². The zero-order valence-corrected chi connectivity index (χ0v) is 12.1. The Labute approximate surface area is 124 Å². The summed E-state index contributed by atoms with van der Waals surface area (Å²) in [5.41, 5.74) is 4.43. The van der Waals surface area contributed by atoms with E-state index in [4.69, 9.17) is 4.52 Å². The summed E-state index contributed by atoms with van der Waals surface area (Å²) in [6.07, 6.45) is 6.89. The van der Waals surface area contributed by atoms with Gasteiger partial charge in [-0.25, -0.2) is 0 Å². The van der Waals surface area contributed by atoms with E-state index in [1.165, 1.54) is 12.0 Å². The van der Waals surface area contributed by atoms with Crippen LogP contribution in [0.3, 0.4) is 0 Å². The summed E-state index contributed by atoms with van der Waals surface area (Å²) in [5, 5.41) is 3.80. The minimum atomic E-state index is 0.753. The van der Waals surface area contributed by atoms with Gasteiger partial charge in [-0.05, 0) is 30.0 Å². The molecule has 0 aliphatic carbocycles. The average Bonchev–Trinajstić information content (AvgIpc) is 3.08. The van der Waals surface area contributed by atoms with Gasteiger partial charge in [0, 0.05) is 23.5 Å². The number of rotatable bonds is 5. The van der Waals surface area contributed by atoms with Gasteiger partial charge in [-0.1, -0.05) is 48.8 Å². The summed E-state index contributed by atoms with van der Waals surface area (Å²) in [6, 6.07) is 14.4. The summed E-state index contributed by atoms with van der Waals surface area (Å²) in [6.45, 7) is 2.20. The Morgan fingerprint density at radius 3 is 2.62 bits per heavy atom. The minimum absolute atomic E-state index is 0.753. The molecule has 0 N–H and O–H groups in total. The number of benzene rings is 1. The smallest absolute Gasteiger partial charge is 0.168 e. The normalized spacial score (nSPS) is 10.7. The third-order valence-corrected chi connectivity index (χ3v) is 3.54. The number of hydrogen-bond acceptors (Lipinski definition) is 3. The van der Waals surface area contributed by atoms with Crippen LogP contribution in [-0.4, -0.2) is 10.1 Å². The first-order valence-corrected chi connectivity index (χ1v) is 7.34. The maximum atomic E-state index is 5.31. The van der Waals surface area contributed by atoms with E-state index in [2.05, 4.69) is 35.3 Å². The molecule has 3 aromatic rings. The van der Waals surface area contributed by atoms with Crippen molar-refractivity contribution in [3.63, 3.8) is 0 Å². The van der Waals surface area contributed by atoms with Gasteiger partial charge in [0.05, 0.1) is 6.20 Å². The maximum Gasteiger partial charge on any atom is 0.168 e. The van der Waals surface area contributed by atoms with Crippen molar-refractivity contribution in [2.24, 2.45) is 0 Å². The molecule has 0 fully saturated rings. The van der Waals surface area contributed by atoms with Gasteiger partial charge in [0.2, 0.25) is 0 Å². The van der Waals surface area contributed by atoms with Crippen LogP contribution in [0, 0.1) is 0 Å². The number of aromatic nitrogens is 2. The molecule has 2 aromatic heterocycles. The van der Waals surface area contributed by atoms with E-state index in [0.29, 0.717) is 0 Å². The van der Waals surface area contributed by atoms with Crippen LogP contribution in [0.1, 0.15) is 25.5 Å². The van der Waals surface area contributed by atoms with Crippen LogP contribution in [-0.2, 0) is 6.42 Å². The van der Waals surface area contributed by atoms with Crippen molar-refractivity contribution < 1.29 is 4.52 Å². The molecular weight excluding hydrogens is 260 g/mol. The second-order valence-electron chi connectivity index (χ2n) is 5.07. The second kappa shape index (κ2) is 6.35. The Kier molecular flexibility index (Phi) is 4.10. The zero-order chi connectivity index (χ0) is 14.5. The van der Waals surface area contributed by atoms with Crippen LogP contribution in [0.4, 0.5) is 0 Å². The van der Waals surface area contributed by atoms with Crippen molar-refractivity contribution in [3.05, 3.63) is 60.6 Å². The van der Waals surface area contributed by atoms with E-state index in [1.807, 2.05) is 30.5 Å². The first-order chi connectivity index (χ1) is 10.4. The van der Waals surface area contributed by atoms with Crippen LogP contribution >= 0.6 is 0 Å². The van der Waals surface area contributed by atoms with E-state index in [0.717, 1.165) is 35.4 Å². The van der Waals surface area contributed by atoms with E-state index in [9.17, 15) is 0 Å². The molecule has 3 heteroatoms. The van der Waals surface area contributed by atoms with Gasteiger partial charge in [0.15, 0.2) is 5.76 Å². The lowest BCUT2D eigenvalue weighted by molar-refractivity contribution is 0.432. The van der Waals surface area contributed by atoms with Crippen LogP contribution in [0.5, 0.6) is 0 Å². The van der Waals surface area contributed by atoms with Gasteiger partial charge < -0.3 is 4.52 Å². The Bertz CT molecular complexity index is 691. The first-order valence-electron chi connectivity index (χ1n) is 7.34. The summed E-state index contributed by atoms with van der Waals surface area (Å²) in [4.78, 5) is 4.57. The van der Waals surface area contributed by atoms with Gasteiger partial charge in [0.1, 0.15) is 0 Å². The van der Waals surface area contributed by atoms with Crippen molar-refractivity contribution in [1.29, 1.82) is 0 Å². The Morgan fingerprint density at radius 2 is 1.90 bits per heavy atom. The Morgan fingerprint density at radius 1 is 1.05 bits per heavy atom. The van der Waals surface area contributed by atoms with Gasteiger partial charge >= 0.3 is 0 Å². The number of hydrogen-bond donors (Lipinski definition) is 0. The quantitative estimate of drug-likeness (QED) is 0.676. The Hall–Kier alpha value is -2.42. The SMILES string of the molecule is CCCCc1cc(-c2ccccc2)c(-c2ccno2)cn1. The highest BCUT2D eigenvalue weighted by Crippen LogP contribution is 2.32. The zero-order valence-electron chi connectivity index (χ0n) is 12.1. The highest BCUT2D eigenvalue weighted by Gasteiger charge is 2.12. The fourth-order valence-corrected chi connectivity index (χ4v) is 2.40. The standard InChI is InChI=1S/C18H18N2O/c1-2-3-9-15-12-16(14-7-5-4-6-8-14)17(13-19-15)18-10-11-20-21-18/h4-8,10-13H,2-3,9H2,1H3. The molecule has 0 aliphatic rings. The third kappa shape index (κ3) is 3.02. The first kappa shape index (κ1) is 13.6. The van der Waals surface area contributed by atoms with Crippen molar-refractivity contribution in [1.82, 2.24) is 10.1 Å². The van der Waals surface area contributed by atoms with Crippen LogP contribution < -0.4 is 0 Å². The van der Waals surface area contributed by atoms with Crippen LogP contribution in [0.25, 0.3) is 22.5 Å². The van der Waals surface area contributed by atoms with Gasteiger partial charge in [0.25, 0.3) is 0 Å². The molecule has 3 rings (SSSR count). The fraction of sp³-hybridized carbons (Fsp3) is 0.222. The van der Waals surface area contributed by atoms with E-state index in [1.54, 1.807) is 6.20 Å². The second-order valence-corrected chi connectivity index (χ2v) is 5.07. The summed E-state index contributed by atoms with van der Waals surface area (Å²) >= 11 is 0. The molecule has 1 aromatic carbocycles. The number of nitrogens with zero attached hydrogens (tertiary/aromatic N) is 2. The molecule has 0 spiro atoms. The molecule has 2 heterocycles. The molecule has 0 bridgehead atoms. The van der Waals surface area contributed by atoms with Crippen LogP contribution in [0.15, 0.2) is 59.4 Å². The van der Waals surface area contributed by atoms with Crippen LogP contribution in [0.2, 0.25) is 0 Å². The lowest BCUT2D eigenvalue weighted by Crippen LogP contribution is -1.93. The highest BCUT2D eigenvalue weighted by atomic mass is 16.5. The number of aryl methyl sites for hydroxylation is 1. The monoisotopic (exact) mass is 278 g/mol. The topological polar surface area (TPSA) is 38.9 Å². The van der Waals surface area contributed by atoms with E-state index < -0.39 is 0 Å². The van der Waals surface area contributed by atoms with Crippen molar-refractivity contribution in [2.45, 2.75) is 26.2 Å². The lowest BCUT2D eigenvalue weighted by Gasteiger charge is -2.09. The summed E-state index contributed by atoms with van der Waals surface area (Å²) in [5.74, 6) is 0.753.